The highest BCUT2D eigenvalue weighted by molar-refractivity contribution is 7.80. The summed E-state index contributed by atoms with van der Waals surface area (Å²) >= 11 is 5.14. The number of quaternary nitrogens is 1. The lowest BCUT2D eigenvalue weighted by Gasteiger charge is -2.65. The van der Waals surface area contributed by atoms with Crippen LogP contribution < -0.4 is 5.73 Å². The predicted molar refractivity (Wildman–Crippen MR) is 110 cm³/mol. The van der Waals surface area contributed by atoms with Crippen molar-refractivity contribution in [3.05, 3.63) is 28.8 Å². The van der Waals surface area contributed by atoms with Crippen LogP contribution in [0.4, 0.5) is 0 Å². The summed E-state index contributed by atoms with van der Waals surface area (Å²) in [5, 5.41) is 23.3. The first-order chi connectivity index (χ1) is 13.2. The van der Waals surface area contributed by atoms with Gasteiger partial charge in [0.2, 0.25) is 0 Å². The quantitative estimate of drug-likeness (QED) is 0.533. The topological polar surface area (TPSA) is 83.5 Å². The van der Waals surface area contributed by atoms with Gasteiger partial charge in [-0.15, -0.1) is 0 Å². The average Bonchev–Trinajstić information content (AvgIpc) is 3.43. The molecule has 5 rings (SSSR count). The lowest BCUT2D eigenvalue weighted by atomic mass is 9.48. The second-order valence-electron chi connectivity index (χ2n) is 9.88. The normalized spacial score (nSPS) is 39.2. The molecule has 0 amide bonds. The van der Waals surface area contributed by atoms with Gasteiger partial charge < -0.3 is 20.4 Å². The highest BCUT2D eigenvalue weighted by Gasteiger charge is 2.70. The zero-order valence-corrected chi connectivity index (χ0v) is 17.2. The Hall–Kier alpha value is -1.50. The number of nitrogens with two attached hydrogens (primary N) is 1. The number of ketones is 1. The van der Waals surface area contributed by atoms with Gasteiger partial charge in [-0.2, -0.15) is 0 Å². The van der Waals surface area contributed by atoms with Gasteiger partial charge in [-0.05, 0) is 30.9 Å². The third-order valence-corrected chi connectivity index (χ3v) is 8.48. The zero-order chi connectivity index (χ0) is 19.9. The van der Waals surface area contributed by atoms with Crippen molar-refractivity contribution in [1.29, 1.82) is 0 Å². The summed E-state index contributed by atoms with van der Waals surface area (Å²) in [5.41, 5.74) is 6.36. The minimum absolute atomic E-state index is 0.0533. The molecular formula is C22H29N2O3S+. The summed E-state index contributed by atoms with van der Waals surface area (Å²) in [6.45, 7) is 2.02. The van der Waals surface area contributed by atoms with Crippen LogP contribution in [0.15, 0.2) is 12.1 Å². The molecule has 0 aromatic heterocycles. The monoisotopic (exact) mass is 401 g/mol. The SMILES string of the molecule is C[N+]1(CC2CC2)CCC23CC(=O)CCC2(O)C1Cc1ccc(C(N)=S)c(O)c13. The van der Waals surface area contributed by atoms with Gasteiger partial charge in [-0.25, -0.2) is 0 Å². The summed E-state index contributed by atoms with van der Waals surface area (Å²) in [6.07, 6.45) is 5.19. The molecule has 2 bridgehead atoms. The van der Waals surface area contributed by atoms with Gasteiger partial charge in [0.1, 0.15) is 28.2 Å². The number of fused-ring (bicyclic) bond motifs is 1. The number of phenols is 1. The van der Waals surface area contributed by atoms with E-state index in [2.05, 4.69) is 7.05 Å². The number of likely N-dealkylation sites (tertiary alicyclic amines) is 1. The summed E-state index contributed by atoms with van der Waals surface area (Å²) < 4.78 is 0.869. The van der Waals surface area contributed by atoms with Gasteiger partial charge in [0, 0.05) is 42.6 Å². The smallest absolute Gasteiger partial charge is 0.134 e. The highest BCUT2D eigenvalue weighted by atomic mass is 32.1. The Morgan fingerprint density at radius 1 is 1.36 bits per heavy atom. The molecular weight excluding hydrogens is 372 g/mol. The number of rotatable bonds is 3. The van der Waals surface area contributed by atoms with Gasteiger partial charge in [0.25, 0.3) is 0 Å². The number of aliphatic hydroxyl groups is 1. The number of nitrogens with zero attached hydrogens (tertiary/aromatic N) is 1. The molecule has 1 saturated heterocycles. The molecule has 0 radical (unpaired) electrons. The van der Waals surface area contributed by atoms with Crippen molar-refractivity contribution in [3.63, 3.8) is 0 Å². The van der Waals surface area contributed by atoms with Crippen molar-refractivity contribution in [3.8, 4) is 5.75 Å². The van der Waals surface area contributed by atoms with Crippen molar-refractivity contribution in [1.82, 2.24) is 0 Å². The van der Waals surface area contributed by atoms with E-state index in [1.54, 1.807) is 6.07 Å². The number of aromatic hydroxyl groups is 1. The molecule has 1 aromatic carbocycles. The highest BCUT2D eigenvalue weighted by Crippen LogP contribution is 2.61. The molecule has 1 heterocycles. The van der Waals surface area contributed by atoms with E-state index in [-0.39, 0.29) is 22.6 Å². The Bertz CT molecular complexity index is 898. The van der Waals surface area contributed by atoms with Gasteiger partial charge in [0.05, 0.1) is 25.7 Å². The average molecular weight is 402 g/mol. The summed E-state index contributed by atoms with van der Waals surface area (Å²) in [6, 6.07) is 3.85. The number of Topliss-reactive ketones (excluding diaryl/α,β-unsaturated/α-hetero) is 1. The van der Waals surface area contributed by atoms with E-state index in [1.165, 1.54) is 12.8 Å². The van der Waals surface area contributed by atoms with E-state index in [9.17, 15) is 15.0 Å². The Kier molecular flexibility index (Phi) is 3.82. The number of piperidine rings is 1. The van der Waals surface area contributed by atoms with Crippen LogP contribution in [0.25, 0.3) is 0 Å². The van der Waals surface area contributed by atoms with Gasteiger partial charge in [-0.1, -0.05) is 18.3 Å². The summed E-state index contributed by atoms with van der Waals surface area (Å²) in [5.74, 6) is 1.02. The molecule has 1 aromatic rings. The standard InChI is InChI=1S/C22H28N2O3S/c1-24(12-13-2-3-13)9-8-21-11-15(25)6-7-22(21,27)17(24)10-14-4-5-16(20(23)28)19(26)18(14)21/h4-5,13,17,27H,2-3,6-12H2,1H3,(H2-,23,26,28)/p+1. The molecule has 28 heavy (non-hydrogen) atoms. The van der Waals surface area contributed by atoms with Gasteiger partial charge >= 0.3 is 0 Å². The molecule has 4 atom stereocenters. The van der Waals surface area contributed by atoms with Crippen molar-refractivity contribution >= 4 is 23.0 Å². The van der Waals surface area contributed by atoms with E-state index in [1.807, 2.05) is 6.07 Å². The van der Waals surface area contributed by atoms with Crippen LogP contribution in [0.1, 0.15) is 55.2 Å². The molecule has 4 unspecified atom stereocenters. The fourth-order valence-electron chi connectivity index (χ4n) is 6.73. The Morgan fingerprint density at radius 2 is 2.11 bits per heavy atom. The summed E-state index contributed by atoms with van der Waals surface area (Å²) in [7, 11) is 2.29. The van der Waals surface area contributed by atoms with Crippen molar-refractivity contribution in [2.45, 2.75) is 62.0 Å². The Balaban J connectivity index is 1.73. The first-order valence-electron chi connectivity index (χ1n) is 10.4. The third kappa shape index (κ3) is 2.31. The molecule has 1 aliphatic heterocycles. The van der Waals surface area contributed by atoms with E-state index >= 15 is 0 Å². The maximum atomic E-state index is 12.6. The van der Waals surface area contributed by atoms with Crippen LogP contribution in [0.2, 0.25) is 0 Å². The number of carbonyl (C=O) groups excluding carboxylic acids is 1. The minimum atomic E-state index is -0.984. The minimum Gasteiger partial charge on any atom is -0.507 e. The maximum absolute atomic E-state index is 12.6. The van der Waals surface area contributed by atoms with E-state index in [0.29, 0.717) is 31.2 Å². The molecule has 4 N–H and O–H groups in total. The molecule has 6 heteroatoms. The summed E-state index contributed by atoms with van der Waals surface area (Å²) in [4.78, 5) is 12.7. The Morgan fingerprint density at radius 3 is 2.79 bits per heavy atom. The molecule has 3 fully saturated rings. The van der Waals surface area contributed by atoms with Gasteiger partial charge in [0.15, 0.2) is 0 Å². The number of benzene rings is 1. The fraction of sp³-hybridized carbons (Fsp3) is 0.636. The number of hydrogen-bond acceptors (Lipinski definition) is 4. The fourth-order valence-corrected chi connectivity index (χ4v) is 6.89. The second kappa shape index (κ2) is 5.77. The van der Waals surface area contributed by atoms with Crippen LogP contribution in [0, 0.1) is 5.92 Å². The number of hydrogen-bond donors (Lipinski definition) is 3. The van der Waals surface area contributed by atoms with E-state index in [4.69, 9.17) is 18.0 Å². The molecule has 2 saturated carbocycles. The van der Waals surface area contributed by atoms with E-state index in [0.717, 1.165) is 41.0 Å². The molecule has 3 aliphatic carbocycles. The molecule has 0 spiro atoms. The number of phenolic OH excluding ortho intramolecular Hbond substituents is 1. The number of likely N-dealkylation sites (N-methyl/N-ethyl adjacent to an activating group) is 1. The molecule has 4 aliphatic rings. The lowest BCUT2D eigenvalue weighted by molar-refractivity contribution is -0.950. The van der Waals surface area contributed by atoms with Gasteiger partial charge in [-0.3, -0.25) is 4.79 Å². The maximum Gasteiger partial charge on any atom is 0.134 e. The predicted octanol–water partition coefficient (Wildman–Crippen LogP) is 1.93. The van der Waals surface area contributed by atoms with Crippen molar-refractivity contribution < 1.29 is 19.5 Å². The number of thiocarbonyl (C=S) groups is 1. The van der Waals surface area contributed by atoms with Crippen LogP contribution in [0.5, 0.6) is 5.75 Å². The van der Waals surface area contributed by atoms with Crippen molar-refractivity contribution in [2.75, 3.05) is 20.1 Å². The third-order valence-electron chi connectivity index (χ3n) is 8.26. The van der Waals surface area contributed by atoms with Crippen LogP contribution in [-0.4, -0.2) is 57.2 Å². The number of carbonyl (C=O) groups is 1. The zero-order valence-electron chi connectivity index (χ0n) is 16.4. The molecule has 150 valence electrons. The first-order valence-corrected chi connectivity index (χ1v) is 10.8. The van der Waals surface area contributed by atoms with Crippen LogP contribution in [-0.2, 0) is 16.6 Å². The second-order valence-corrected chi connectivity index (χ2v) is 10.3. The molecule has 5 nitrogen and oxygen atoms in total. The lowest BCUT2D eigenvalue weighted by Crippen LogP contribution is -2.78. The van der Waals surface area contributed by atoms with Crippen LogP contribution >= 0.6 is 12.2 Å². The van der Waals surface area contributed by atoms with Crippen LogP contribution in [0.3, 0.4) is 0 Å². The first kappa shape index (κ1) is 18.5. The largest absolute Gasteiger partial charge is 0.507 e. The Labute approximate surface area is 171 Å². The van der Waals surface area contributed by atoms with Crippen molar-refractivity contribution in [2.24, 2.45) is 11.7 Å². The van der Waals surface area contributed by atoms with E-state index < -0.39 is 11.0 Å².